The van der Waals surface area contributed by atoms with Gasteiger partial charge >= 0.3 is 6.18 Å². The van der Waals surface area contributed by atoms with Gasteiger partial charge in [0.1, 0.15) is 18.8 Å². The summed E-state index contributed by atoms with van der Waals surface area (Å²) in [6.45, 7) is 0.229. The molecule has 3 aromatic rings. The number of carbonyl (C=O) groups is 2. The lowest BCUT2D eigenvalue weighted by atomic mass is 10.2. The van der Waals surface area contributed by atoms with Gasteiger partial charge in [0.15, 0.2) is 0 Å². The predicted molar refractivity (Wildman–Crippen MR) is 123 cm³/mol. The van der Waals surface area contributed by atoms with Gasteiger partial charge in [-0.3, -0.25) is 9.59 Å². The van der Waals surface area contributed by atoms with Crippen molar-refractivity contribution in [1.82, 2.24) is 5.43 Å². The maximum absolute atomic E-state index is 12.8. The largest absolute Gasteiger partial charge is 0.488 e. The predicted octanol–water partition coefficient (Wildman–Crippen LogP) is 5.42. The van der Waals surface area contributed by atoms with E-state index in [2.05, 4.69) is 15.8 Å². The number of rotatable bonds is 8. The zero-order valence-electron chi connectivity index (χ0n) is 17.6. The van der Waals surface area contributed by atoms with Crippen molar-refractivity contribution in [3.8, 4) is 5.75 Å². The monoisotopic (exact) mass is 489 g/mol. The molecule has 0 spiro atoms. The Morgan fingerprint density at radius 1 is 0.971 bits per heavy atom. The molecule has 6 nitrogen and oxygen atoms in total. The number of amides is 2. The minimum atomic E-state index is -4.54. The number of halogens is 4. The molecule has 10 heteroatoms. The molecule has 176 valence electrons. The van der Waals surface area contributed by atoms with E-state index in [1.54, 1.807) is 30.3 Å². The molecule has 0 aromatic heterocycles. The van der Waals surface area contributed by atoms with Gasteiger partial charge in [0.05, 0.1) is 11.8 Å². The second kappa shape index (κ2) is 11.3. The van der Waals surface area contributed by atoms with Gasteiger partial charge in [-0.1, -0.05) is 48.0 Å². The van der Waals surface area contributed by atoms with E-state index in [0.29, 0.717) is 16.3 Å². The number of nitrogens with zero attached hydrogens (tertiary/aromatic N) is 1. The van der Waals surface area contributed by atoms with Gasteiger partial charge in [-0.15, -0.1) is 0 Å². The van der Waals surface area contributed by atoms with Gasteiger partial charge in [-0.2, -0.15) is 18.3 Å². The highest BCUT2D eigenvalue weighted by Crippen LogP contribution is 2.30. The van der Waals surface area contributed by atoms with E-state index in [0.717, 1.165) is 23.8 Å². The van der Waals surface area contributed by atoms with E-state index < -0.39 is 30.0 Å². The van der Waals surface area contributed by atoms with Gasteiger partial charge in [0.2, 0.25) is 11.8 Å². The summed E-state index contributed by atoms with van der Waals surface area (Å²) in [5, 5.41) is 6.65. The number of hydrogen-bond acceptors (Lipinski definition) is 4. The smallest absolute Gasteiger partial charge is 0.416 e. The Kier molecular flexibility index (Phi) is 8.26. The number of hydrogen-bond donors (Lipinski definition) is 2. The maximum atomic E-state index is 12.8. The summed E-state index contributed by atoms with van der Waals surface area (Å²) in [6, 6.07) is 18.4. The Hall–Kier alpha value is -3.85. The van der Waals surface area contributed by atoms with Crippen molar-refractivity contribution < 1.29 is 27.5 Å². The van der Waals surface area contributed by atoms with E-state index >= 15 is 0 Å². The number of ether oxygens (including phenoxy) is 1. The molecule has 0 unspecified atom stereocenters. The maximum Gasteiger partial charge on any atom is 0.416 e. The summed E-state index contributed by atoms with van der Waals surface area (Å²) in [6.07, 6.45) is -3.82. The third-order valence-electron chi connectivity index (χ3n) is 4.45. The quantitative estimate of drug-likeness (QED) is 0.252. The minimum Gasteiger partial charge on any atom is -0.488 e. The number of alkyl halides is 3. The normalized spacial score (nSPS) is 11.3. The molecular formula is C24H19ClF3N3O3. The molecule has 0 fully saturated rings. The van der Waals surface area contributed by atoms with E-state index in [-0.39, 0.29) is 12.3 Å². The number of anilines is 1. The van der Waals surface area contributed by atoms with Gasteiger partial charge in [0.25, 0.3) is 0 Å². The molecule has 34 heavy (non-hydrogen) atoms. The third-order valence-corrected chi connectivity index (χ3v) is 4.82. The fraction of sp³-hybridized carbons (Fsp3) is 0.125. The van der Waals surface area contributed by atoms with Gasteiger partial charge < -0.3 is 10.1 Å². The standard InChI is InChI=1S/C24H19ClF3N3O3/c25-20-10-3-1-7-17(20)15-34-21-11-4-2-6-16(21)14-29-31-23(33)13-22(32)30-19-9-5-8-18(12-19)24(26,27)28/h1-12,14H,13,15H2,(H,30,32)(H,31,33). The molecule has 0 atom stereocenters. The van der Waals surface area contributed by atoms with E-state index in [9.17, 15) is 22.8 Å². The van der Waals surface area contributed by atoms with Gasteiger partial charge in [-0.25, -0.2) is 5.43 Å². The van der Waals surface area contributed by atoms with Crippen molar-refractivity contribution in [2.75, 3.05) is 5.32 Å². The van der Waals surface area contributed by atoms with E-state index in [1.165, 1.54) is 12.3 Å². The van der Waals surface area contributed by atoms with Crippen LogP contribution in [0, 0.1) is 0 Å². The zero-order chi connectivity index (χ0) is 24.6. The van der Waals surface area contributed by atoms with E-state index in [1.807, 2.05) is 18.2 Å². The van der Waals surface area contributed by atoms with Gasteiger partial charge in [0, 0.05) is 21.8 Å². The summed E-state index contributed by atoms with van der Waals surface area (Å²) in [5.74, 6) is -1.02. The van der Waals surface area contributed by atoms with E-state index in [4.69, 9.17) is 16.3 Å². The molecule has 0 heterocycles. The molecule has 2 amide bonds. The summed E-state index contributed by atoms with van der Waals surface area (Å²) in [5.41, 5.74) is 2.60. The fourth-order valence-corrected chi connectivity index (χ4v) is 3.02. The molecule has 3 rings (SSSR count). The Morgan fingerprint density at radius 2 is 1.71 bits per heavy atom. The summed E-state index contributed by atoms with van der Waals surface area (Å²) in [4.78, 5) is 24.0. The van der Waals surface area contributed by atoms with Crippen LogP contribution in [-0.4, -0.2) is 18.0 Å². The molecule has 0 saturated carbocycles. The molecule has 0 aliphatic heterocycles. The number of nitrogens with one attached hydrogen (secondary N) is 2. The SMILES string of the molecule is O=C(CC(=O)Nc1cccc(C(F)(F)F)c1)NN=Cc1ccccc1OCc1ccccc1Cl. The lowest BCUT2D eigenvalue weighted by Crippen LogP contribution is -2.24. The van der Waals surface area contributed by atoms with Crippen LogP contribution in [0.5, 0.6) is 5.75 Å². The Balaban J connectivity index is 1.53. The molecule has 0 aliphatic rings. The number of para-hydroxylation sites is 1. The van der Waals surface area contributed by atoms with Crippen LogP contribution in [-0.2, 0) is 22.4 Å². The lowest BCUT2D eigenvalue weighted by Gasteiger charge is -2.10. The highest BCUT2D eigenvalue weighted by Gasteiger charge is 2.30. The van der Waals surface area contributed by atoms with Crippen LogP contribution < -0.4 is 15.5 Å². The van der Waals surface area contributed by atoms with Crippen LogP contribution in [0.4, 0.5) is 18.9 Å². The first-order chi connectivity index (χ1) is 16.2. The Morgan fingerprint density at radius 3 is 2.47 bits per heavy atom. The molecule has 0 bridgehead atoms. The summed E-state index contributed by atoms with van der Waals surface area (Å²) >= 11 is 6.13. The second-order valence-corrected chi connectivity index (χ2v) is 7.42. The Bertz CT molecular complexity index is 1200. The molecular weight excluding hydrogens is 471 g/mol. The highest BCUT2D eigenvalue weighted by molar-refractivity contribution is 6.31. The van der Waals surface area contributed by atoms with Gasteiger partial charge in [-0.05, 0) is 36.4 Å². The number of hydrazone groups is 1. The molecule has 3 aromatic carbocycles. The average molecular weight is 490 g/mol. The van der Waals surface area contributed by atoms with Crippen LogP contribution in [0.25, 0.3) is 0 Å². The molecule has 0 radical (unpaired) electrons. The topological polar surface area (TPSA) is 79.8 Å². The molecule has 2 N–H and O–H groups in total. The lowest BCUT2D eigenvalue weighted by molar-refractivity contribution is -0.137. The van der Waals surface area contributed by atoms with Crippen LogP contribution in [0.2, 0.25) is 5.02 Å². The van der Waals surface area contributed by atoms with Crippen LogP contribution in [0.1, 0.15) is 23.1 Å². The minimum absolute atomic E-state index is 0.0688. The van der Waals surface area contributed by atoms with Crippen LogP contribution in [0.15, 0.2) is 77.9 Å². The third kappa shape index (κ3) is 7.35. The summed E-state index contributed by atoms with van der Waals surface area (Å²) < 4.78 is 44.1. The first-order valence-electron chi connectivity index (χ1n) is 9.96. The van der Waals surface area contributed by atoms with Crippen molar-refractivity contribution in [3.63, 3.8) is 0 Å². The van der Waals surface area contributed by atoms with Crippen molar-refractivity contribution in [3.05, 3.63) is 94.5 Å². The van der Waals surface area contributed by atoms with Crippen LogP contribution in [0.3, 0.4) is 0 Å². The first kappa shape index (κ1) is 24.8. The molecule has 0 saturated heterocycles. The number of carbonyl (C=O) groups excluding carboxylic acids is 2. The molecule has 0 aliphatic carbocycles. The van der Waals surface area contributed by atoms with Crippen molar-refractivity contribution in [1.29, 1.82) is 0 Å². The van der Waals surface area contributed by atoms with Crippen molar-refractivity contribution in [2.45, 2.75) is 19.2 Å². The van der Waals surface area contributed by atoms with Crippen molar-refractivity contribution in [2.24, 2.45) is 5.10 Å². The Labute approximate surface area is 198 Å². The second-order valence-electron chi connectivity index (χ2n) is 7.01. The number of benzene rings is 3. The zero-order valence-corrected chi connectivity index (χ0v) is 18.4. The summed E-state index contributed by atoms with van der Waals surface area (Å²) in [7, 11) is 0. The fourth-order valence-electron chi connectivity index (χ4n) is 2.83. The van der Waals surface area contributed by atoms with Crippen molar-refractivity contribution >= 4 is 35.3 Å². The highest BCUT2D eigenvalue weighted by atomic mass is 35.5. The van der Waals surface area contributed by atoms with Crippen LogP contribution >= 0.6 is 11.6 Å². The average Bonchev–Trinajstić information content (AvgIpc) is 2.79. The first-order valence-corrected chi connectivity index (χ1v) is 10.3.